The van der Waals surface area contributed by atoms with E-state index in [9.17, 15) is 19.1 Å². The molecule has 1 aliphatic rings. The Morgan fingerprint density at radius 2 is 2.03 bits per heavy atom. The van der Waals surface area contributed by atoms with Gasteiger partial charge in [0.05, 0.1) is 22.9 Å². The third-order valence-electron chi connectivity index (χ3n) is 5.12. The summed E-state index contributed by atoms with van der Waals surface area (Å²) in [5.41, 5.74) is 2.51. The molecule has 7 nitrogen and oxygen atoms in total. The molecule has 0 radical (unpaired) electrons. The van der Waals surface area contributed by atoms with E-state index in [2.05, 4.69) is 15.6 Å². The molecule has 2 aromatic carbocycles. The van der Waals surface area contributed by atoms with Crippen LogP contribution in [-0.4, -0.2) is 28.2 Å². The van der Waals surface area contributed by atoms with Crippen LogP contribution in [0.4, 0.5) is 14.9 Å². The fourth-order valence-corrected chi connectivity index (χ4v) is 3.79. The summed E-state index contributed by atoms with van der Waals surface area (Å²) in [5, 5.41) is 15.8. The molecule has 0 bridgehead atoms. The summed E-state index contributed by atoms with van der Waals surface area (Å²) in [6.07, 6.45) is 0.138. The number of alkyl carbamates (subject to hydrolysis) is 1. The molecule has 0 fully saturated rings. The summed E-state index contributed by atoms with van der Waals surface area (Å²) in [6, 6.07) is 13.4. The van der Waals surface area contributed by atoms with E-state index < -0.39 is 30.0 Å². The normalized spacial score (nSPS) is 16.8. The Morgan fingerprint density at radius 1 is 1.19 bits per heavy atom. The van der Waals surface area contributed by atoms with Gasteiger partial charge in [0.2, 0.25) is 0 Å². The van der Waals surface area contributed by atoms with Gasteiger partial charge in [0.1, 0.15) is 12.4 Å². The van der Waals surface area contributed by atoms with Gasteiger partial charge in [-0.2, -0.15) is 0 Å². The van der Waals surface area contributed by atoms with Crippen molar-refractivity contribution in [1.82, 2.24) is 10.3 Å². The van der Waals surface area contributed by atoms with Crippen molar-refractivity contribution in [2.75, 3.05) is 5.32 Å². The van der Waals surface area contributed by atoms with Crippen LogP contribution in [0.5, 0.6) is 0 Å². The van der Waals surface area contributed by atoms with Crippen molar-refractivity contribution in [2.24, 2.45) is 0 Å². The molecule has 1 heterocycles. The standard InChI is InChI=1S/C23H19ClFN3O4/c24-18-10-13(7-8-19(18)25)27-22(30)16-6-3-5-15-17(16)11-20(29)21(15)28-23(31)32-12-14-4-1-2-9-26-14/h1-10,20-21,29H,11-12H2,(H,27,30)(H,28,31)/t20-,21-/m1/s1. The van der Waals surface area contributed by atoms with Crippen molar-refractivity contribution in [1.29, 1.82) is 0 Å². The van der Waals surface area contributed by atoms with Gasteiger partial charge in [-0.25, -0.2) is 9.18 Å². The van der Waals surface area contributed by atoms with Crippen LogP contribution in [0.1, 0.15) is 33.2 Å². The molecule has 0 unspecified atom stereocenters. The first-order chi connectivity index (χ1) is 15.4. The van der Waals surface area contributed by atoms with E-state index in [1.165, 1.54) is 12.1 Å². The highest BCUT2D eigenvalue weighted by Gasteiger charge is 2.35. The molecular weight excluding hydrogens is 437 g/mol. The lowest BCUT2D eigenvalue weighted by Crippen LogP contribution is -2.34. The third kappa shape index (κ3) is 4.71. The molecule has 2 atom stereocenters. The molecule has 1 aliphatic carbocycles. The van der Waals surface area contributed by atoms with E-state index in [0.717, 1.165) is 6.07 Å². The number of carbonyl (C=O) groups excluding carboxylic acids is 2. The average Bonchev–Trinajstić information content (AvgIpc) is 3.10. The second kappa shape index (κ2) is 9.33. The second-order valence-corrected chi connectivity index (χ2v) is 7.65. The van der Waals surface area contributed by atoms with Crippen LogP contribution < -0.4 is 10.6 Å². The Morgan fingerprint density at radius 3 is 2.78 bits per heavy atom. The Kier molecular flexibility index (Phi) is 6.34. The van der Waals surface area contributed by atoms with Gasteiger partial charge in [0.15, 0.2) is 0 Å². The van der Waals surface area contributed by atoms with E-state index in [4.69, 9.17) is 16.3 Å². The molecule has 0 spiro atoms. The predicted octanol–water partition coefficient (Wildman–Crippen LogP) is 4.01. The molecule has 0 saturated carbocycles. The van der Waals surface area contributed by atoms with Crippen LogP contribution in [0, 0.1) is 5.82 Å². The molecule has 4 rings (SSSR count). The molecule has 0 saturated heterocycles. The van der Waals surface area contributed by atoms with Crippen molar-refractivity contribution < 1.29 is 23.8 Å². The minimum atomic E-state index is -0.929. The molecule has 0 aliphatic heterocycles. The fourth-order valence-electron chi connectivity index (χ4n) is 3.61. The number of aliphatic hydroxyl groups excluding tert-OH is 1. The Bertz CT molecular complexity index is 1160. The minimum Gasteiger partial charge on any atom is -0.443 e. The highest BCUT2D eigenvalue weighted by Crippen LogP contribution is 2.34. The summed E-state index contributed by atoms with van der Waals surface area (Å²) in [7, 11) is 0. The average molecular weight is 456 g/mol. The van der Waals surface area contributed by atoms with Crippen LogP contribution in [0.15, 0.2) is 60.8 Å². The summed E-state index contributed by atoms with van der Waals surface area (Å²) in [5.74, 6) is -1.02. The molecule has 3 aromatic rings. The highest BCUT2D eigenvalue weighted by atomic mass is 35.5. The lowest BCUT2D eigenvalue weighted by atomic mass is 10.0. The van der Waals surface area contributed by atoms with Gasteiger partial charge in [0.25, 0.3) is 5.91 Å². The zero-order valence-electron chi connectivity index (χ0n) is 16.7. The maximum atomic E-state index is 13.4. The molecule has 9 heteroatoms. The van der Waals surface area contributed by atoms with Gasteiger partial charge in [-0.3, -0.25) is 9.78 Å². The van der Waals surface area contributed by atoms with Gasteiger partial charge in [-0.05, 0) is 47.5 Å². The van der Waals surface area contributed by atoms with Crippen LogP contribution >= 0.6 is 11.6 Å². The molecule has 3 N–H and O–H groups in total. The van der Waals surface area contributed by atoms with E-state index >= 15 is 0 Å². The number of anilines is 1. The summed E-state index contributed by atoms with van der Waals surface area (Å²) >= 11 is 5.77. The van der Waals surface area contributed by atoms with Gasteiger partial charge >= 0.3 is 6.09 Å². The number of aromatic nitrogens is 1. The van der Waals surface area contributed by atoms with Crippen molar-refractivity contribution in [3.63, 3.8) is 0 Å². The maximum Gasteiger partial charge on any atom is 0.408 e. The SMILES string of the molecule is O=C(N[C@@H]1c2cccc(C(=O)Nc3ccc(F)c(Cl)c3)c2C[C@H]1O)OCc1ccccn1. The smallest absolute Gasteiger partial charge is 0.408 e. The lowest BCUT2D eigenvalue weighted by molar-refractivity contribution is 0.102. The molecular formula is C23H19ClFN3O4. The van der Waals surface area contributed by atoms with Crippen molar-refractivity contribution in [3.05, 3.63) is 94.0 Å². The molecule has 164 valence electrons. The van der Waals surface area contributed by atoms with Crippen LogP contribution in [0.25, 0.3) is 0 Å². The number of amides is 2. The number of ether oxygens (including phenoxy) is 1. The van der Waals surface area contributed by atoms with E-state index in [1.807, 2.05) is 0 Å². The topological polar surface area (TPSA) is 101 Å². The quantitative estimate of drug-likeness (QED) is 0.539. The number of benzene rings is 2. The van der Waals surface area contributed by atoms with Crippen molar-refractivity contribution in [3.8, 4) is 0 Å². The number of carbonyl (C=O) groups is 2. The van der Waals surface area contributed by atoms with E-state index in [1.54, 1.807) is 42.6 Å². The van der Waals surface area contributed by atoms with Crippen LogP contribution in [-0.2, 0) is 17.8 Å². The first kappa shape index (κ1) is 21.7. The monoisotopic (exact) mass is 455 g/mol. The van der Waals surface area contributed by atoms with Gasteiger partial charge in [0, 0.05) is 23.9 Å². The zero-order chi connectivity index (χ0) is 22.7. The molecule has 1 aromatic heterocycles. The Labute approximate surface area is 188 Å². The summed E-state index contributed by atoms with van der Waals surface area (Å²) < 4.78 is 18.5. The minimum absolute atomic E-state index is 0.00891. The fraction of sp³-hybridized carbons (Fsp3) is 0.174. The van der Waals surface area contributed by atoms with Gasteiger partial charge in [-0.1, -0.05) is 29.8 Å². The number of hydrogen-bond donors (Lipinski definition) is 3. The largest absolute Gasteiger partial charge is 0.443 e. The third-order valence-corrected chi connectivity index (χ3v) is 5.41. The number of nitrogens with zero attached hydrogens (tertiary/aromatic N) is 1. The summed E-state index contributed by atoms with van der Waals surface area (Å²) in [6.45, 7) is -0.00891. The van der Waals surface area contributed by atoms with Crippen molar-refractivity contribution in [2.45, 2.75) is 25.2 Å². The number of hydrogen-bond acceptors (Lipinski definition) is 5. The van der Waals surface area contributed by atoms with Crippen LogP contribution in [0.2, 0.25) is 5.02 Å². The number of rotatable bonds is 5. The zero-order valence-corrected chi connectivity index (χ0v) is 17.5. The van der Waals surface area contributed by atoms with Crippen LogP contribution in [0.3, 0.4) is 0 Å². The Balaban J connectivity index is 1.47. The predicted molar refractivity (Wildman–Crippen MR) is 116 cm³/mol. The Hall–Kier alpha value is -3.49. The number of aliphatic hydroxyl groups is 1. The van der Waals surface area contributed by atoms with Crippen molar-refractivity contribution >= 4 is 29.3 Å². The van der Waals surface area contributed by atoms with E-state index in [0.29, 0.717) is 28.1 Å². The van der Waals surface area contributed by atoms with E-state index in [-0.39, 0.29) is 18.1 Å². The van der Waals surface area contributed by atoms with Gasteiger partial charge < -0.3 is 20.5 Å². The number of nitrogens with one attached hydrogen (secondary N) is 2. The maximum absolute atomic E-state index is 13.4. The molecule has 32 heavy (non-hydrogen) atoms. The summed E-state index contributed by atoms with van der Waals surface area (Å²) in [4.78, 5) is 29.1. The number of fused-ring (bicyclic) bond motifs is 1. The number of halogens is 2. The van der Waals surface area contributed by atoms with Gasteiger partial charge in [-0.15, -0.1) is 0 Å². The first-order valence-corrected chi connectivity index (χ1v) is 10.2. The molecule has 2 amide bonds. The number of pyridine rings is 1. The first-order valence-electron chi connectivity index (χ1n) is 9.82. The highest BCUT2D eigenvalue weighted by molar-refractivity contribution is 6.31. The lowest BCUT2D eigenvalue weighted by Gasteiger charge is -2.18. The second-order valence-electron chi connectivity index (χ2n) is 7.25.